The Labute approximate surface area is 106 Å². The van der Waals surface area contributed by atoms with Gasteiger partial charge >= 0.3 is 0 Å². The van der Waals surface area contributed by atoms with Crippen LogP contribution in [0.2, 0.25) is 0 Å². The van der Waals surface area contributed by atoms with E-state index in [2.05, 4.69) is 4.98 Å². The number of benzene rings is 1. The quantitative estimate of drug-likeness (QED) is 0.901. The normalized spacial score (nSPS) is 11.4. The van der Waals surface area contributed by atoms with Crippen molar-refractivity contribution in [3.8, 4) is 17.0 Å². The number of hydrogen-bond acceptors (Lipinski definition) is 4. The van der Waals surface area contributed by atoms with Gasteiger partial charge in [0, 0.05) is 18.0 Å². The number of phenols is 1. The van der Waals surface area contributed by atoms with Crippen molar-refractivity contribution in [2.24, 2.45) is 0 Å². The molecule has 2 aromatic rings. The SMILES string of the molecule is Cc1cc(-c2ccc(S(C)(=O)=O)cn2)ccc1O. The average Bonchev–Trinajstić information content (AvgIpc) is 2.32. The number of pyridine rings is 1. The second kappa shape index (κ2) is 4.42. The number of aromatic nitrogens is 1. The van der Waals surface area contributed by atoms with Crippen LogP contribution in [0.15, 0.2) is 41.4 Å². The van der Waals surface area contributed by atoms with Crippen molar-refractivity contribution in [3.63, 3.8) is 0 Å². The van der Waals surface area contributed by atoms with Crippen molar-refractivity contribution in [1.82, 2.24) is 4.98 Å². The summed E-state index contributed by atoms with van der Waals surface area (Å²) in [4.78, 5) is 4.32. The van der Waals surface area contributed by atoms with E-state index in [9.17, 15) is 13.5 Å². The summed E-state index contributed by atoms with van der Waals surface area (Å²) in [5.74, 6) is 0.228. The van der Waals surface area contributed by atoms with Gasteiger partial charge in [-0.3, -0.25) is 4.98 Å². The molecule has 4 nitrogen and oxygen atoms in total. The average molecular weight is 263 g/mol. The second-order valence-corrected chi connectivity index (χ2v) is 6.17. The van der Waals surface area contributed by atoms with Gasteiger partial charge in [-0.2, -0.15) is 0 Å². The molecular formula is C13H13NO3S. The molecule has 18 heavy (non-hydrogen) atoms. The third-order valence-corrected chi connectivity index (χ3v) is 3.75. The highest BCUT2D eigenvalue weighted by Gasteiger charge is 2.08. The maximum Gasteiger partial charge on any atom is 0.177 e. The van der Waals surface area contributed by atoms with Crippen LogP contribution in [0.3, 0.4) is 0 Å². The van der Waals surface area contributed by atoms with Crippen LogP contribution in [0.25, 0.3) is 11.3 Å². The second-order valence-electron chi connectivity index (χ2n) is 4.15. The molecule has 0 aliphatic carbocycles. The van der Waals surface area contributed by atoms with Gasteiger partial charge in [-0.15, -0.1) is 0 Å². The molecule has 1 heterocycles. The Morgan fingerprint density at radius 2 is 1.89 bits per heavy atom. The summed E-state index contributed by atoms with van der Waals surface area (Å²) in [5, 5.41) is 9.44. The van der Waals surface area contributed by atoms with Crippen molar-refractivity contribution in [2.75, 3.05) is 6.26 Å². The zero-order valence-electron chi connectivity index (χ0n) is 10.1. The summed E-state index contributed by atoms with van der Waals surface area (Å²) in [5.41, 5.74) is 2.26. The lowest BCUT2D eigenvalue weighted by Gasteiger charge is -2.04. The van der Waals surface area contributed by atoms with E-state index in [0.29, 0.717) is 5.69 Å². The lowest BCUT2D eigenvalue weighted by Crippen LogP contribution is -1.97. The summed E-state index contributed by atoms with van der Waals surface area (Å²) in [6.45, 7) is 1.80. The zero-order chi connectivity index (χ0) is 13.3. The first-order chi connectivity index (χ1) is 8.38. The lowest BCUT2D eigenvalue weighted by molar-refractivity contribution is 0.471. The molecule has 0 amide bonds. The van der Waals surface area contributed by atoms with Crippen molar-refractivity contribution in [1.29, 1.82) is 0 Å². The fraction of sp³-hybridized carbons (Fsp3) is 0.154. The number of rotatable bonds is 2. The Kier molecular flexibility index (Phi) is 3.09. The van der Waals surface area contributed by atoms with E-state index >= 15 is 0 Å². The number of sulfone groups is 1. The molecule has 0 bridgehead atoms. The minimum atomic E-state index is -3.22. The fourth-order valence-corrected chi connectivity index (χ4v) is 2.14. The van der Waals surface area contributed by atoms with Gasteiger partial charge in [0.25, 0.3) is 0 Å². The Bertz CT molecular complexity index is 676. The van der Waals surface area contributed by atoms with E-state index < -0.39 is 9.84 Å². The Balaban J connectivity index is 2.43. The number of nitrogens with zero attached hydrogens (tertiary/aromatic N) is 1. The predicted molar refractivity (Wildman–Crippen MR) is 69.2 cm³/mol. The minimum absolute atomic E-state index is 0.196. The van der Waals surface area contributed by atoms with E-state index in [1.165, 1.54) is 12.3 Å². The molecule has 2 rings (SSSR count). The van der Waals surface area contributed by atoms with Gasteiger partial charge < -0.3 is 5.11 Å². The Hall–Kier alpha value is -1.88. The summed E-state index contributed by atoms with van der Waals surface area (Å²) in [6.07, 6.45) is 2.49. The number of phenolic OH excluding ortho intramolecular Hbond substituents is 1. The van der Waals surface area contributed by atoms with Crippen LogP contribution in [0.1, 0.15) is 5.56 Å². The topological polar surface area (TPSA) is 67.3 Å². The van der Waals surface area contributed by atoms with Crippen LogP contribution >= 0.6 is 0 Å². The molecule has 0 saturated carbocycles. The van der Waals surface area contributed by atoms with Crippen molar-refractivity contribution < 1.29 is 13.5 Å². The summed E-state index contributed by atoms with van der Waals surface area (Å²) >= 11 is 0. The van der Waals surface area contributed by atoms with Gasteiger partial charge in [-0.1, -0.05) is 0 Å². The van der Waals surface area contributed by atoms with Gasteiger partial charge in [0.15, 0.2) is 9.84 Å². The molecule has 0 radical (unpaired) electrons. The first kappa shape index (κ1) is 12.6. The smallest absolute Gasteiger partial charge is 0.177 e. The molecule has 5 heteroatoms. The maximum atomic E-state index is 11.3. The third-order valence-electron chi connectivity index (χ3n) is 2.66. The number of aryl methyl sites for hydroxylation is 1. The number of aromatic hydroxyl groups is 1. The summed E-state index contributed by atoms with van der Waals surface area (Å²) < 4.78 is 22.6. The van der Waals surface area contributed by atoms with Crippen LogP contribution in [0.5, 0.6) is 5.75 Å². The van der Waals surface area contributed by atoms with Crippen molar-refractivity contribution in [3.05, 3.63) is 42.1 Å². The standard InChI is InChI=1S/C13H13NO3S/c1-9-7-10(3-6-13(9)15)12-5-4-11(8-14-12)18(2,16)17/h3-8,15H,1-2H3. The lowest BCUT2D eigenvalue weighted by atomic mass is 10.1. The minimum Gasteiger partial charge on any atom is -0.508 e. The summed E-state index contributed by atoms with van der Waals surface area (Å²) in [7, 11) is -3.22. The van der Waals surface area contributed by atoms with Gasteiger partial charge in [0.2, 0.25) is 0 Å². The Morgan fingerprint density at radius 3 is 2.39 bits per heavy atom. The van der Waals surface area contributed by atoms with Crippen LogP contribution < -0.4 is 0 Å². The van der Waals surface area contributed by atoms with E-state index in [4.69, 9.17) is 0 Å². The molecule has 0 saturated heterocycles. The predicted octanol–water partition coefficient (Wildman–Crippen LogP) is 2.17. The van der Waals surface area contributed by atoms with E-state index in [-0.39, 0.29) is 10.6 Å². The van der Waals surface area contributed by atoms with Gasteiger partial charge in [0.1, 0.15) is 5.75 Å². The molecule has 0 atom stereocenters. The highest BCUT2D eigenvalue weighted by atomic mass is 32.2. The molecular weight excluding hydrogens is 250 g/mol. The van der Waals surface area contributed by atoms with Gasteiger partial charge in [-0.05, 0) is 42.8 Å². The fourth-order valence-electron chi connectivity index (χ4n) is 1.59. The molecule has 1 aromatic carbocycles. The van der Waals surface area contributed by atoms with E-state index in [1.807, 2.05) is 0 Å². The molecule has 0 spiro atoms. The molecule has 94 valence electrons. The first-order valence-corrected chi connectivity index (χ1v) is 7.23. The van der Waals surface area contributed by atoms with Crippen LogP contribution in [-0.2, 0) is 9.84 Å². The van der Waals surface area contributed by atoms with Crippen LogP contribution in [0.4, 0.5) is 0 Å². The maximum absolute atomic E-state index is 11.3. The zero-order valence-corrected chi connectivity index (χ0v) is 10.9. The van der Waals surface area contributed by atoms with Crippen molar-refractivity contribution >= 4 is 9.84 Å². The van der Waals surface area contributed by atoms with Crippen molar-refractivity contribution in [2.45, 2.75) is 11.8 Å². The molecule has 0 unspecified atom stereocenters. The first-order valence-electron chi connectivity index (χ1n) is 5.34. The molecule has 1 aromatic heterocycles. The third kappa shape index (κ3) is 2.51. The monoisotopic (exact) mass is 263 g/mol. The van der Waals surface area contributed by atoms with Gasteiger partial charge in [0.05, 0.1) is 10.6 Å². The molecule has 0 aliphatic heterocycles. The summed E-state index contributed by atoms with van der Waals surface area (Å²) in [6, 6.07) is 8.32. The highest BCUT2D eigenvalue weighted by Crippen LogP contribution is 2.24. The molecule has 1 N–H and O–H groups in total. The molecule has 0 fully saturated rings. The Morgan fingerprint density at radius 1 is 1.17 bits per heavy atom. The molecule has 0 aliphatic rings. The van der Waals surface area contributed by atoms with Crippen LogP contribution in [-0.4, -0.2) is 24.8 Å². The van der Waals surface area contributed by atoms with Gasteiger partial charge in [-0.25, -0.2) is 8.42 Å². The van der Waals surface area contributed by atoms with E-state index in [1.54, 1.807) is 31.2 Å². The highest BCUT2D eigenvalue weighted by molar-refractivity contribution is 7.90. The largest absolute Gasteiger partial charge is 0.508 e. The number of hydrogen-bond donors (Lipinski definition) is 1. The van der Waals surface area contributed by atoms with E-state index in [0.717, 1.165) is 17.4 Å². The van der Waals surface area contributed by atoms with Crippen LogP contribution in [0, 0.1) is 6.92 Å².